The number of carbonyl (C=O) groups excluding carboxylic acids is 2. The fourth-order valence-corrected chi connectivity index (χ4v) is 3.83. The van der Waals surface area contributed by atoms with E-state index in [-0.39, 0.29) is 23.7 Å². The molecular formula is C16H16Cl4F3N3O2S. The van der Waals surface area contributed by atoms with Crippen LogP contribution in [0.3, 0.4) is 0 Å². The van der Waals surface area contributed by atoms with E-state index in [0.717, 1.165) is 4.31 Å². The zero-order valence-electron chi connectivity index (χ0n) is 14.6. The van der Waals surface area contributed by atoms with E-state index in [9.17, 15) is 22.8 Å². The van der Waals surface area contributed by atoms with Crippen molar-refractivity contribution in [3.05, 3.63) is 37.5 Å². The van der Waals surface area contributed by atoms with Gasteiger partial charge in [0.1, 0.15) is 0 Å². The zero-order chi connectivity index (χ0) is 22.2. The second-order valence-corrected chi connectivity index (χ2v) is 9.64. The number of carbonyl (C=O) groups is 2. The fourth-order valence-electron chi connectivity index (χ4n) is 2.40. The van der Waals surface area contributed by atoms with Gasteiger partial charge < -0.3 is 4.57 Å². The molecule has 13 heteroatoms. The third-order valence-electron chi connectivity index (χ3n) is 3.67. The number of aromatic nitrogens is 2. The number of amides is 2. The Bertz CT molecular complexity index is 692. The van der Waals surface area contributed by atoms with E-state index in [0.29, 0.717) is 24.8 Å². The minimum atomic E-state index is -3.67. The van der Waals surface area contributed by atoms with Gasteiger partial charge in [0.2, 0.25) is 15.5 Å². The first kappa shape index (κ1) is 26.2. The molecule has 0 bridgehead atoms. The quantitative estimate of drug-likeness (QED) is 0.225. The van der Waals surface area contributed by atoms with Gasteiger partial charge in [-0.25, -0.2) is 9.29 Å². The highest BCUT2D eigenvalue weighted by atomic mass is 35.5. The number of alkyl halides is 7. The molecular weight excluding hydrogens is 497 g/mol. The Morgan fingerprint density at radius 2 is 1.66 bits per heavy atom. The number of allylic oxidation sites excluding steroid dienone is 2. The Balaban J connectivity index is 0.000000314. The van der Waals surface area contributed by atoms with Gasteiger partial charge in [-0.3, -0.25) is 9.59 Å². The summed E-state index contributed by atoms with van der Waals surface area (Å²) < 4.78 is 30.1. The first-order valence-electron chi connectivity index (χ1n) is 7.91. The first-order chi connectivity index (χ1) is 13.5. The summed E-state index contributed by atoms with van der Waals surface area (Å²) in [6, 6.07) is 0. The Morgan fingerprint density at radius 1 is 1.17 bits per heavy atom. The van der Waals surface area contributed by atoms with Gasteiger partial charge in [0.15, 0.2) is 4.84 Å². The molecule has 1 aliphatic heterocycles. The van der Waals surface area contributed by atoms with Gasteiger partial charge in [-0.05, 0) is 12.8 Å². The average molecular weight is 513 g/mol. The second kappa shape index (κ2) is 12.1. The second-order valence-electron chi connectivity index (χ2n) is 5.52. The molecule has 0 radical (unpaired) electrons. The topological polar surface area (TPSA) is 55.2 Å². The molecule has 0 saturated carbocycles. The Kier molecular flexibility index (Phi) is 10.9. The van der Waals surface area contributed by atoms with Gasteiger partial charge in [-0.1, -0.05) is 41.9 Å². The summed E-state index contributed by atoms with van der Waals surface area (Å²) in [5, 5.41) is 0. The minimum Gasteiger partial charge on any atom is -0.314 e. The van der Waals surface area contributed by atoms with Gasteiger partial charge >= 0.3 is 6.68 Å². The smallest absolute Gasteiger partial charge is 0.314 e. The highest BCUT2D eigenvalue weighted by molar-refractivity contribution is 8.02. The number of hydrogen-bond donors (Lipinski definition) is 0. The molecule has 0 aromatic carbocycles. The summed E-state index contributed by atoms with van der Waals surface area (Å²) in [6.07, 6.45) is 11.8. The summed E-state index contributed by atoms with van der Waals surface area (Å²) in [4.78, 5) is 26.9. The molecule has 1 saturated heterocycles. The van der Waals surface area contributed by atoms with Gasteiger partial charge in [-0.2, -0.15) is 13.2 Å². The Labute approximate surface area is 189 Å². The van der Waals surface area contributed by atoms with Gasteiger partial charge in [-0.15, -0.1) is 23.2 Å². The van der Waals surface area contributed by atoms with E-state index < -0.39 is 15.2 Å². The van der Waals surface area contributed by atoms with Crippen LogP contribution in [0, 0.1) is 11.8 Å². The van der Waals surface area contributed by atoms with Crippen molar-refractivity contribution < 1.29 is 22.8 Å². The summed E-state index contributed by atoms with van der Waals surface area (Å²) in [5.74, 6) is -1.19. The Hall–Kier alpha value is -0.870. The monoisotopic (exact) mass is 511 g/mol. The van der Waals surface area contributed by atoms with Crippen LogP contribution in [0.2, 0.25) is 0 Å². The van der Waals surface area contributed by atoms with Crippen molar-refractivity contribution in [2.75, 3.05) is 0 Å². The summed E-state index contributed by atoms with van der Waals surface area (Å²) in [6.45, 7) is -0.141. The molecule has 1 fully saturated rings. The molecule has 1 aromatic rings. The number of rotatable bonds is 4. The third kappa shape index (κ3) is 8.05. The SMILES string of the molecule is C=Cn1ccnc1.FC(F)F.O=C1C2CC=CCC2C(=O)N1SC(Cl)(Cl)C(Cl)Cl. The lowest BCUT2D eigenvalue weighted by molar-refractivity contribution is -0.133. The molecule has 1 aliphatic carbocycles. The number of imidazole rings is 1. The lowest BCUT2D eigenvalue weighted by atomic mass is 9.85. The van der Waals surface area contributed by atoms with Gasteiger partial charge in [0.25, 0.3) is 0 Å². The third-order valence-corrected chi connectivity index (χ3v) is 6.90. The van der Waals surface area contributed by atoms with Gasteiger partial charge in [0.05, 0.1) is 18.2 Å². The molecule has 2 amide bonds. The molecule has 2 atom stereocenters. The highest BCUT2D eigenvalue weighted by Crippen LogP contribution is 2.48. The maximum Gasteiger partial charge on any atom is 0.379 e. The average Bonchev–Trinajstić information content (AvgIpc) is 3.25. The maximum absolute atomic E-state index is 12.1. The Morgan fingerprint density at radius 3 is 1.97 bits per heavy atom. The lowest BCUT2D eigenvalue weighted by Crippen LogP contribution is -2.31. The van der Waals surface area contributed by atoms with Crippen molar-refractivity contribution in [3.63, 3.8) is 0 Å². The van der Waals surface area contributed by atoms with Crippen molar-refractivity contribution in [2.45, 2.75) is 28.0 Å². The van der Waals surface area contributed by atoms with Crippen LogP contribution in [-0.4, -0.2) is 40.9 Å². The lowest BCUT2D eigenvalue weighted by Gasteiger charge is -2.24. The predicted molar refractivity (Wildman–Crippen MR) is 110 cm³/mol. The fraction of sp³-hybridized carbons (Fsp3) is 0.438. The first-order valence-corrected chi connectivity index (χ1v) is 10.3. The normalized spacial score (nSPS) is 20.8. The molecule has 5 nitrogen and oxygen atoms in total. The van der Waals surface area contributed by atoms with Crippen LogP contribution in [-0.2, 0) is 9.59 Å². The van der Waals surface area contributed by atoms with Crippen LogP contribution >= 0.6 is 58.4 Å². The van der Waals surface area contributed by atoms with E-state index in [1.165, 1.54) is 0 Å². The van der Waals surface area contributed by atoms with Crippen LogP contribution in [0.4, 0.5) is 13.2 Å². The van der Waals surface area contributed by atoms with Crippen LogP contribution in [0.25, 0.3) is 6.20 Å². The van der Waals surface area contributed by atoms with Crippen LogP contribution in [0.5, 0.6) is 0 Å². The predicted octanol–water partition coefficient (Wildman–Crippen LogP) is 5.68. The number of halogens is 7. The number of nitrogens with zero attached hydrogens (tertiary/aromatic N) is 3. The highest BCUT2D eigenvalue weighted by Gasteiger charge is 2.51. The molecule has 29 heavy (non-hydrogen) atoms. The molecule has 1 aromatic heterocycles. The molecule has 3 rings (SSSR count). The van der Waals surface area contributed by atoms with E-state index in [2.05, 4.69) is 11.6 Å². The number of hydrogen-bond acceptors (Lipinski definition) is 4. The van der Waals surface area contributed by atoms with E-state index >= 15 is 0 Å². The van der Waals surface area contributed by atoms with E-state index in [4.69, 9.17) is 46.4 Å². The van der Waals surface area contributed by atoms with E-state index in [1.807, 2.05) is 18.3 Å². The summed E-state index contributed by atoms with van der Waals surface area (Å²) >= 11 is 23.7. The summed E-state index contributed by atoms with van der Waals surface area (Å²) in [5.41, 5.74) is 0. The molecule has 2 unspecified atom stereocenters. The van der Waals surface area contributed by atoms with Crippen LogP contribution in [0.15, 0.2) is 37.5 Å². The van der Waals surface area contributed by atoms with Crippen LogP contribution in [0.1, 0.15) is 12.8 Å². The molecule has 2 heterocycles. The zero-order valence-corrected chi connectivity index (χ0v) is 18.4. The summed E-state index contributed by atoms with van der Waals surface area (Å²) in [7, 11) is 0. The molecule has 162 valence electrons. The van der Waals surface area contributed by atoms with Crippen molar-refractivity contribution in [1.82, 2.24) is 13.9 Å². The van der Waals surface area contributed by atoms with E-state index in [1.54, 1.807) is 23.3 Å². The van der Waals surface area contributed by atoms with Crippen molar-refractivity contribution >= 4 is 76.4 Å². The largest absolute Gasteiger partial charge is 0.379 e. The number of imide groups is 1. The van der Waals surface area contributed by atoms with Crippen LogP contribution < -0.4 is 0 Å². The standard InChI is InChI=1S/C10H9Cl4NO2S.C5H6N2.CHF3/c11-9(12)10(13,14)18-15-7(16)5-3-1-2-4-6(5)8(15)17;1-2-7-4-3-6-5-7;2-1(3)4/h1-2,5-6,9H,3-4H2;2-5H,1H2;1H. The van der Waals surface area contributed by atoms with Crippen molar-refractivity contribution in [3.8, 4) is 0 Å². The number of fused-ring (bicyclic) bond motifs is 1. The maximum atomic E-state index is 12.1. The van der Waals surface area contributed by atoms with Crippen molar-refractivity contribution in [2.24, 2.45) is 11.8 Å². The van der Waals surface area contributed by atoms with Crippen molar-refractivity contribution in [1.29, 1.82) is 0 Å². The molecule has 0 N–H and O–H groups in total. The minimum absolute atomic E-state index is 0.279. The molecule has 2 aliphatic rings. The molecule has 0 spiro atoms. The van der Waals surface area contributed by atoms with Gasteiger partial charge in [0, 0.05) is 30.5 Å².